The summed E-state index contributed by atoms with van der Waals surface area (Å²) in [5.74, 6) is 0. The first-order valence-electron chi connectivity index (χ1n) is 16.4. The Morgan fingerprint density at radius 3 is 1.56 bits per heavy atom. The van der Waals surface area contributed by atoms with Gasteiger partial charge in [0.05, 0.1) is 6.04 Å². The summed E-state index contributed by atoms with van der Waals surface area (Å²) in [6.07, 6.45) is 2.35. The molecule has 3 nitrogen and oxygen atoms in total. The lowest BCUT2D eigenvalue weighted by Gasteiger charge is -2.27. The first-order chi connectivity index (χ1) is 23.8. The maximum atomic E-state index is 3.83. The molecule has 1 atom stereocenters. The van der Waals surface area contributed by atoms with Crippen LogP contribution in [0.5, 0.6) is 0 Å². The van der Waals surface area contributed by atoms with Gasteiger partial charge in [0.15, 0.2) is 0 Å². The molecular weight excluding hydrogens is 583 g/mol. The third kappa shape index (κ3) is 6.10. The summed E-state index contributed by atoms with van der Waals surface area (Å²) >= 11 is 0. The Labute approximate surface area is 282 Å². The molecule has 8 rings (SSSR count). The van der Waals surface area contributed by atoms with Crippen LogP contribution in [0.4, 0.5) is 28.4 Å². The van der Waals surface area contributed by atoms with Gasteiger partial charge in [-0.3, -0.25) is 0 Å². The van der Waals surface area contributed by atoms with E-state index >= 15 is 0 Å². The number of benzene rings is 7. The van der Waals surface area contributed by atoms with E-state index in [2.05, 4.69) is 198 Å². The van der Waals surface area contributed by atoms with Crippen LogP contribution in [-0.4, -0.2) is 0 Å². The van der Waals surface area contributed by atoms with Gasteiger partial charge < -0.3 is 16.0 Å². The molecule has 0 fully saturated rings. The fourth-order valence-electron chi connectivity index (χ4n) is 6.52. The van der Waals surface area contributed by atoms with Gasteiger partial charge in [0.2, 0.25) is 0 Å². The van der Waals surface area contributed by atoms with Crippen LogP contribution < -0.4 is 16.0 Å². The van der Waals surface area contributed by atoms with Gasteiger partial charge in [-0.15, -0.1) is 0 Å². The predicted molar refractivity (Wildman–Crippen MR) is 203 cm³/mol. The van der Waals surface area contributed by atoms with E-state index in [4.69, 9.17) is 0 Å². The van der Waals surface area contributed by atoms with Crippen molar-refractivity contribution in [2.45, 2.75) is 6.04 Å². The molecule has 1 aliphatic heterocycles. The molecule has 3 heteroatoms. The van der Waals surface area contributed by atoms with Crippen LogP contribution >= 0.6 is 0 Å². The van der Waals surface area contributed by atoms with Gasteiger partial charge >= 0.3 is 0 Å². The van der Waals surface area contributed by atoms with Crippen molar-refractivity contribution >= 4 is 34.0 Å². The van der Waals surface area contributed by atoms with Crippen molar-refractivity contribution in [2.24, 2.45) is 0 Å². The summed E-state index contributed by atoms with van der Waals surface area (Å²) in [6, 6.07) is 64.1. The van der Waals surface area contributed by atoms with Crippen LogP contribution in [-0.2, 0) is 0 Å². The predicted octanol–water partition coefficient (Wildman–Crippen LogP) is 12.1. The topological polar surface area (TPSA) is 36.1 Å². The molecule has 3 N–H and O–H groups in total. The molecule has 0 aromatic heterocycles. The SMILES string of the molecule is C1=C(c2ccccc2)c2ccccc2NC1c1cccc(Nc2cc(Nc3ccccc3)c(-c3ccccc3)cc2-c2ccccc2)c1. The first kappa shape index (κ1) is 29.1. The molecule has 0 saturated carbocycles. The summed E-state index contributed by atoms with van der Waals surface area (Å²) in [5, 5.41) is 11.3. The molecule has 0 aliphatic carbocycles. The number of para-hydroxylation sites is 2. The number of nitrogens with one attached hydrogen (secondary N) is 3. The summed E-state index contributed by atoms with van der Waals surface area (Å²) in [4.78, 5) is 0. The second-order valence-corrected chi connectivity index (χ2v) is 12.0. The van der Waals surface area contributed by atoms with E-state index in [0.717, 1.165) is 50.7 Å². The van der Waals surface area contributed by atoms with Crippen LogP contribution in [0.25, 0.3) is 27.8 Å². The van der Waals surface area contributed by atoms with E-state index in [9.17, 15) is 0 Å². The van der Waals surface area contributed by atoms with Gasteiger partial charge in [0.1, 0.15) is 0 Å². The zero-order valence-electron chi connectivity index (χ0n) is 26.5. The number of anilines is 5. The Morgan fingerprint density at radius 1 is 0.396 bits per heavy atom. The molecule has 1 unspecified atom stereocenters. The highest BCUT2D eigenvalue weighted by Crippen LogP contribution is 2.42. The highest BCUT2D eigenvalue weighted by molar-refractivity contribution is 5.93. The Bertz CT molecular complexity index is 2190. The highest BCUT2D eigenvalue weighted by Gasteiger charge is 2.21. The van der Waals surface area contributed by atoms with Gasteiger partial charge in [-0.05, 0) is 76.4 Å². The quantitative estimate of drug-likeness (QED) is 0.159. The standard InChI is InChI=1S/C45H35N3/c1-5-16-32(17-6-1)39-30-43(48-42-27-14-13-26-38(39)42)35-22-15-25-37(28-35)47-45-31-44(46-36-23-11-4-12-24-36)40(33-18-7-2-8-19-33)29-41(45)34-20-9-3-10-21-34/h1-31,43,46-48H. The smallest absolute Gasteiger partial charge is 0.0708 e. The number of hydrogen-bond donors (Lipinski definition) is 3. The molecule has 0 amide bonds. The van der Waals surface area contributed by atoms with Gasteiger partial charge in [0.25, 0.3) is 0 Å². The second-order valence-electron chi connectivity index (χ2n) is 12.0. The Kier molecular flexibility index (Phi) is 8.00. The minimum atomic E-state index is 0.0150. The molecule has 1 aliphatic rings. The number of fused-ring (bicyclic) bond motifs is 1. The van der Waals surface area contributed by atoms with Crippen LogP contribution in [0, 0.1) is 0 Å². The van der Waals surface area contributed by atoms with Crippen molar-refractivity contribution in [2.75, 3.05) is 16.0 Å². The molecule has 7 aromatic carbocycles. The van der Waals surface area contributed by atoms with E-state index in [-0.39, 0.29) is 6.04 Å². The zero-order valence-corrected chi connectivity index (χ0v) is 26.5. The van der Waals surface area contributed by atoms with Gasteiger partial charge in [0, 0.05) is 45.1 Å². The first-order valence-corrected chi connectivity index (χ1v) is 16.4. The van der Waals surface area contributed by atoms with Crippen LogP contribution in [0.15, 0.2) is 188 Å². The second kappa shape index (κ2) is 13.2. The van der Waals surface area contributed by atoms with Gasteiger partial charge in [-0.25, -0.2) is 0 Å². The van der Waals surface area contributed by atoms with Crippen molar-refractivity contribution in [3.63, 3.8) is 0 Å². The highest BCUT2D eigenvalue weighted by atomic mass is 14.9. The molecular formula is C45H35N3. The molecule has 48 heavy (non-hydrogen) atoms. The van der Waals surface area contributed by atoms with Gasteiger partial charge in [-0.2, -0.15) is 0 Å². The fourth-order valence-corrected chi connectivity index (χ4v) is 6.52. The van der Waals surface area contributed by atoms with Crippen molar-refractivity contribution in [3.8, 4) is 22.3 Å². The van der Waals surface area contributed by atoms with E-state index in [0.29, 0.717) is 0 Å². The van der Waals surface area contributed by atoms with Crippen LogP contribution in [0.2, 0.25) is 0 Å². The number of rotatable bonds is 8. The third-order valence-corrected chi connectivity index (χ3v) is 8.85. The normalized spacial score (nSPS) is 13.5. The van der Waals surface area contributed by atoms with Crippen molar-refractivity contribution in [1.82, 2.24) is 0 Å². The minimum Gasteiger partial charge on any atom is -0.374 e. The van der Waals surface area contributed by atoms with E-state index in [1.165, 1.54) is 22.3 Å². The summed E-state index contributed by atoms with van der Waals surface area (Å²) in [6.45, 7) is 0. The molecule has 0 bridgehead atoms. The molecule has 7 aromatic rings. The maximum Gasteiger partial charge on any atom is 0.0708 e. The summed E-state index contributed by atoms with van der Waals surface area (Å²) < 4.78 is 0. The lowest BCUT2D eigenvalue weighted by atomic mass is 9.89. The van der Waals surface area contributed by atoms with E-state index < -0.39 is 0 Å². The Balaban J connectivity index is 1.21. The fraction of sp³-hybridized carbons (Fsp3) is 0.0222. The number of hydrogen-bond acceptors (Lipinski definition) is 3. The molecule has 1 heterocycles. The minimum absolute atomic E-state index is 0.0150. The molecule has 0 spiro atoms. The average molecular weight is 618 g/mol. The molecule has 0 radical (unpaired) electrons. The lowest BCUT2D eigenvalue weighted by molar-refractivity contribution is 0.973. The van der Waals surface area contributed by atoms with Crippen molar-refractivity contribution in [3.05, 3.63) is 205 Å². The molecule has 0 saturated heterocycles. The maximum absolute atomic E-state index is 3.83. The Morgan fingerprint density at radius 2 is 0.917 bits per heavy atom. The average Bonchev–Trinajstić information content (AvgIpc) is 3.16. The van der Waals surface area contributed by atoms with E-state index in [1.807, 2.05) is 6.07 Å². The van der Waals surface area contributed by atoms with E-state index in [1.54, 1.807) is 0 Å². The summed E-state index contributed by atoms with van der Waals surface area (Å²) in [7, 11) is 0. The zero-order chi connectivity index (χ0) is 32.1. The van der Waals surface area contributed by atoms with Gasteiger partial charge in [-0.1, -0.05) is 140 Å². The van der Waals surface area contributed by atoms with Crippen LogP contribution in [0.3, 0.4) is 0 Å². The van der Waals surface area contributed by atoms with Crippen LogP contribution in [0.1, 0.15) is 22.7 Å². The van der Waals surface area contributed by atoms with Crippen molar-refractivity contribution < 1.29 is 0 Å². The monoisotopic (exact) mass is 617 g/mol. The molecule has 230 valence electrons. The largest absolute Gasteiger partial charge is 0.374 e. The Hall–Kier alpha value is -6.32. The lowest BCUT2D eigenvalue weighted by Crippen LogP contribution is -2.15. The van der Waals surface area contributed by atoms with Crippen molar-refractivity contribution in [1.29, 1.82) is 0 Å². The summed E-state index contributed by atoms with van der Waals surface area (Å²) in [5.41, 5.74) is 14.7. The third-order valence-electron chi connectivity index (χ3n) is 8.85.